The van der Waals surface area contributed by atoms with Gasteiger partial charge in [0.05, 0.1) is 52.3 Å². The summed E-state index contributed by atoms with van der Waals surface area (Å²) >= 11 is 0. The molecule has 5 rings (SSSR count). The van der Waals surface area contributed by atoms with Gasteiger partial charge in [-0.25, -0.2) is 4.98 Å². The number of pyridine rings is 1. The number of nitrogens with zero attached hydrogens (tertiary/aromatic N) is 2. The Bertz CT molecular complexity index is 1980. The molecule has 11 heteroatoms. The highest BCUT2D eigenvalue weighted by Gasteiger charge is 2.35. The number of anilines is 1. The number of fused-ring (bicyclic) bond motifs is 1. The quantitative estimate of drug-likeness (QED) is 0.0582. The third-order valence-corrected chi connectivity index (χ3v) is 10.9. The van der Waals surface area contributed by atoms with Crippen molar-refractivity contribution in [3.8, 4) is 16.9 Å². The maximum absolute atomic E-state index is 13.8. The maximum atomic E-state index is 13.8. The van der Waals surface area contributed by atoms with E-state index in [0.29, 0.717) is 85.2 Å². The van der Waals surface area contributed by atoms with E-state index in [1.807, 2.05) is 49.4 Å². The van der Waals surface area contributed by atoms with Crippen LogP contribution in [0, 0.1) is 12.3 Å². The molecule has 2 heterocycles. The van der Waals surface area contributed by atoms with Crippen molar-refractivity contribution in [2.45, 2.75) is 91.5 Å². The number of aromatic nitrogens is 1. The van der Waals surface area contributed by atoms with E-state index in [9.17, 15) is 14.4 Å². The first-order chi connectivity index (χ1) is 29.5. The second-order valence-electron chi connectivity index (χ2n) is 17.2. The first kappa shape index (κ1) is 47.4. The summed E-state index contributed by atoms with van der Waals surface area (Å²) in [5.74, 6) is 1.36. The molecule has 0 spiro atoms. The number of hydrogen-bond donors (Lipinski definition) is 1. The lowest BCUT2D eigenvalue weighted by molar-refractivity contribution is -0.137. The van der Waals surface area contributed by atoms with E-state index in [1.165, 1.54) is 0 Å². The van der Waals surface area contributed by atoms with Crippen LogP contribution in [0.1, 0.15) is 89.7 Å². The van der Waals surface area contributed by atoms with Crippen LogP contribution in [-0.4, -0.2) is 106 Å². The van der Waals surface area contributed by atoms with Crippen molar-refractivity contribution in [3.63, 3.8) is 0 Å². The number of carbonyl (C=O) groups excluding carboxylic acids is 3. The monoisotopic (exact) mass is 837 g/mol. The molecule has 0 unspecified atom stereocenters. The number of nitrogens with one attached hydrogen (secondary N) is 1. The molecule has 1 aliphatic rings. The molecule has 1 amide bonds. The number of ketones is 2. The molecule has 0 saturated carbocycles. The Morgan fingerprint density at radius 1 is 0.803 bits per heavy atom. The summed E-state index contributed by atoms with van der Waals surface area (Å²) < 4.78 is 28.7. The number of Topliss-reactive ketones (excluding diaryl/α,β-unsaturated/α-hetero) is 2. The molecule has 11 nitrogen and oxygen atoms in total. The first-order valence-corrected chi connectivity index (χ1v) is 22.0. The van der Waals surface area contributed by atoms with Crippen LogP contribution in [0.5, 0.6) is 5.75 Å². The van der Waals surface area contributed by atoms with Gasteiger partial charge in [0.2, 0.25) is 5.91 Å². The Hall–Kier alpha value is -4.68. The zero-order chi connectivity index (χ0) is 43.5. The van der Waals surface area contributed by atoms with Crippen LogP contribution in [0.2, 0.25) is 0 Å². The molecular weight excluding hydrogens is 771 g/mol. The van der Waals surface area contributed by atoms with Crippen LogP contribution in [-0.2, 0) is 33.3 Å². The number of likely N-dealkylation sites (tertiary alicyclic amines) is 1. The highest BCUT2D eigenvalue weighted by Crippen LogP contribution is 2.36. The number of carbonyl (C=O) groups is 3. The zero-order valence-electron chi connectivity index (χ0n) is 37.0. The van der Waals surface area contributed by atoms with Crippen LogP contribution in [0.4, 0.5) is 5.82 Å². The molecule has 330 valence electrons. The number of amides is 1. The summed E-state index contributed by atoms with van der Waals surface area (Å²) in [6.07, 6.45) is 5.73. The van der Waals surface area contributed by atoms with E-state index in [1.54, 1.807) is 18.0 Å². The summed E-state index contributed by atoms with van der Waals surface area (Å²) in [4.78, 5) is 45.6. The van der Waals surface area contributed by atoms with Crippen LogP contribution < -0.4 is 10.1 Å². The lowest BCUT2D eigenvalue weighted by Gasteiger charge is -2.26. The Labute approximate surface area is 362 Å². The Balaban J connectivity index is 1.07. The molecule has 0 aliphatic carbocycles. The fourth-order valence-corrected chi connectivity index (χ4v) is 7.60. The largest absolute Gasteiger partial charge is 0.491 e. The minimum atomic E-state index is -0.449. The number of rotatable bonds is 27. The van der Waals surface area contributed by atoms with E-state index in [4.69, 9.17) is 23.7 Å². The van der Waals surface area contributed by atoms with Crippen LogP contribution in [0.25, 0.3) is 21.9 Å². The maximum Gasteiger partial charge on any atom is 0.223 e. The minimum Gasteiger partial charge on any atom is -0.491 e. The van der Waals surface area contributed by atoms with Crippen LogP contribution in [0.15, 0.2) is 79.0 Å². The Morgan fingerprint density at radius 3 is 2.11 bits per heavy atom. The Kier molecular flexibility index (Phi) is 19.2. The van der Waals surface area contributed by atoms with Gasteiger partial charge in [0.15, 0.2) is 5.78 Å². The number of ether oxygens (including phenoxy) is 5. The molecule has 1 N–H and O–H groups in total. The molecule has 1 fully saturated rings. The van der Waals surface area contributed by atoms with Crippen molar-refractivity contribution >= 4 is 34.1 Å². The molecule has 2 atom stereocenters. The van der Waals surface area contributed by atoms with Gasteiger partial charge in [0.1, 0.15) is 24.0 Å². The van der Waals surface area contributed by atoms with Gasteiger partial charge in [0.25, 0.3) is 0 Å². The average molecular weight is 838 g/mol. The molecule has 1 aromatic heterocycles. The molecule has 61 heavy (non-hydrogen) atoms. The van der Waals surface area contributed by atoms with E-state index in [2.05, 4.69) is 61.4 Å². The van der Waals surface area contributed by atoms with E-state index in [0.717, 1.165) is 64.0 Å². The van der Waals surface area contributed by atoms with Crippen molar-refractivity contribution in [2.75, 3.05) is 77.9 Å². The van der Waals surface area contributed by atoms with Gasteiger partial charge in [-0.05, 0) is 96.7 Å². The highest BCUT2D eigenvalue weighted by atomic mass is 16.6. The van der Waals surface area contributed by atoms with E-state index in [-0.39, 0.29) is 41.6 Å². The van der Waals surface area contributed by atoms with Crippen molar-refractivity contribution < 1.29 is 38.1 Å². The fraction of sp³-hybridized carbons (Fsp3) is 0.520. The Morgan fingerprint density at radius 2 is 1.46 bits per heavy atom. The second-order valence-corrected chi connectivity index (χ2v) is 17.2. The molecule has 0 radical (unpaired) electrons. The summed E-state index contributed by atoms with van der Waals surface area (Å²) in [5.41, 5.74) is 4.42. The highest BCUT2D eigenvalue weighted by molar-refractivity contribution is 6.00. The number of aryl methyl sites for hydroxylation is 1. The summed E-state index contributed by atoms with van der Waals surface area (Å²) in [6, 6.07) is 23.9. The van der Waals surface area contributed by atoms with Crippen LogP contribution in [0.3, 0.4) is 0 Å². The second kappa shape index (κ2) is 24.7. The van der Waals surface area contributed by atoms with Gasteiger partial charge in [0, 0.05) is 50.5 Å². The van der Waals surface area contributed by atoms with Gasteiger partial charge >= 0.3 is 0 Å². The summed E-state index contributed by atoms with van der Waals surface area (Å²) in [7, 11) is 0. The van der Waals surface area contributed by atoms with Gasteiger partial charge in [-0.2, -0.15) is 0 Å². The van der Waals surface area contributed by atoms with Crippen molar-refractivity contribution in [3.05, 3.63) is 90.1 Å². The van der Waals surface area contributed by atoms with E-state index >= 15 is 0 Å². The van der Waals surface area contributed by atoms with Gasteiger partial charge < -0.3 is 38.7 Å². The molecule has 1 aliphatic heterocycles. The summed E-state index contributed by atoms with van der Waals surface area (Å²) in [5, 5.41) is 5.34. The summed E-state index contributed by atoms with van der Waals surface area (Å²) in [6.45, 7) is 16.2. The smallest absolute Gasteiger partial charge is 0.223 e. The SMILES string of the molecule is CC(=O)C[C@H](CC(=O)[C@@H]1CCCN1C(=O)CCCNc1cc(C)ccn1)c1ccc(-c2ccc(OCCOCCOCCOCCOCCC(C)(C)C)c3ccccc23)cc1. The lowest BCUT2D eigenvalue weighted by Crippen LogP contribution is -2.41. The topological polar surface area (TPSA) is 126 Å². The lowest BCUT2D eigenvalue weighted by atomic mass is 9.86. The van der Waals surface area contributed by atoms with Crippen molar-refractivity contribution in [1.82, 2.24) is 9.88 Å². The number of benzene rings is 3. The normalized spacial score (nSPS) is 14.6. The first-order valence-electron chi connectivity index (χ1n) is 22.0. The fourth-order valence-electron chi connectivity index (χ4n) is 7.60. The third kappa shape index (κ3) is 15.9. The third-order valence-electron chi connectivity index (χ3n) is 10.9. The van der Waals surface area contributed by atoms with Crippen molar-refractivity contribution in [2.24, 2.45) is 5.41 Å². The van der Waals surface area contributed by atoms with Gasteiger partial charge in [-0.3, -0.25) is 9.59 Å². The van der Waals surface area contributed by atoms with Crippen LogP contribution >= 0.6 is 0 Å². The molecule has 1 saturated heterocycles. The van der Waals surface area contributed by atoms with Gasteiger partial charge in [-0.1, -0.05) is 75.4 Å². The predicted octanol–water partition coefficient (Wildman–Crippen LogP) is 9.00. The molecular formula is C50H67N3O8. The molecule has 4 aromatic rings. The van der Waals surface area contributed by atoms with E-state index < -0.39 is 6.04 Å². The average Bonchev–Trinajstić information content (AvgIpc) is 3.74. The van der Waals surface area contributed by atoms with Gasteiger partial charge in [-0.15, -0.1) is 0 Å². The zero-order valence-corrected chi connectivity index (χ0v) is 37.0. The molecule has 0 bridgehead atoms. The predicted molar refractivity (Wildman–Crippen MR) is 241 cm³/mol. The minimum absolute atomic E-state index is 0.00190. The number of hydrogen-bond acceptors (Lipinski definition) is 10. The standard InChI is InChI=1S/C50H67N3O8/c1-37-20-23-52-48(34-37)51-22-8-13-49(56)53-24-9-12-45(53)46(55)36-41(35-38(2)54)39-14-16-40(17-15-39)42-18-19-47(44-11-7-6-10-43(42)44)61-33-32-60-31-30-59-29-28-58-27-26-57-25-21-50(3,4)5/h6-7,10-11,14-20,23,34,41,45H,8-9,12-13,21-22,24-33,35-36H2,1-5H3,(H,51,52)/t41-,45+/m1/s1. The molecule has 3 aromatic carbocycles. The van der Waals surface area contributed by atoms with Crippen molar-refractivity contribution in [1.29, 1.82) is 0 Å².